The first-order valence-corrected chi connectivity index (χ1v) is 7.34. The van der Waals surface area contributed by atoms with Gasteiger partial charge in [-0.1, -0.05) is 60.7 Å². The van der Waals surface area contributed by atoms with Gasteiger partial charge in [0.25, 0.3) is 0 Å². The molecule has 0 aromatic heterocycles. The number of fused-ring (bicyclic) bond motifs is 2. The highest BCUT2D eigenvalue weighted by molar-refractivity contribution is 5.52. The molecule has 1 heteroatoms. The molecule has 1 aliphatic rings. The summed E-state index contributed by atoms with van der Waals surface area (Å²) in [7, 11) is 0. The minimum absolute atomic E-state index is 0.443. The van der Waals surface area contributed by atoms with E-state index in [4.69, 9.17) is 4.74 Å². The lowest BCUT2D eigenvalue weighted by Crippen LogP contribution is -2.36. The molecule has 2 aromatic carbocycles. The fraction of sp³-hybridized carbons (Fsp3) is 0.200. The summed E-state index contributed by atoms with van der Waals surface area (Å²) in [4.78, 5) is 0. The van der Waals surface area contributed by atoms with Crippen molar-refractivity contribution >= 4 is 0 Å². The molecular weight excluding hydrogens is 256 g/mol. The summed E-state index contributed by atoms with van der Waals surface area (Å²) in [5, 5.41) is 0. The van der Waals surface area contributed by atoms with Gasteiger partial charge < -0.3 is 4.74 Å². The van der Waals surface area contributed by atoms with Crippen LogP contribution < -0.4 is 0 Å². The Labute approximate surface area is 126 Å². The van der Waals surface area contributed by atoms with Gasteiger partial charge in [0.15, 0.2) is 0 Å². The average Bonchev–Trinajstić information content (AvgIpc) is 2.53. The highest BCUT2D eigenvalue weighted by atomic mass is 16.5. The summed E-state index contributed by atoms with van der Waals surface area (Å²) in [5.41, 5.74) is 4.74. The first-order chi connectivity index (χ1) is 10.3. The normalized spacial score (nSPS) is 14.9. The Morgan fingerprint density at radius 2 is 1.48 bits per heavy atom. The Balaban J connectivity index is 2.24. The van der Waals surface area contributed by atoms with Crippen LogP contribution in [-0.2, 0) is 16.8 Å². The van der Waals surface area contributed by atoms with Gasteiger partial charge in [-0.3, -0.25) is 0 Å². The Kier molecular flexibility index (Phi) is 3.76. The van der Waals surface area contributed by atoms with Crippen LogP contribution in [0.15, 0.2) is 73.8 Å². The highest BCUT2D eigenvalue weighted by Crippen LogP contribution is 2.45. The predicted octanol–water partition coefficient (Wildman–Crippen LogP) is 4.61. The molecule has 3 rings (SSSR count). The molecule has 0 N–H and O–H groups in total. The van der Waals surface area contributed by atoms with Crippen molar-refractivity contribution in [1.29, 1.82) is 0 Å². The van der Waals surface area contributed by atoms with E-state index in [-0.39, 0.29) is 0 Å². The molecule has 0 heterocycles. The monoisotopic (exact) mass is 276 g/mol. The minimum Gasteiger partial charge on any atom is -0.361 e. The van der Waals surface area contributed by atoms with Gasteiger partial charge in [0.05, 0.1) is 6.61 Å². The zero-order valence-corrected chi connectivity index (χ0v) is 12.2. The third-order valence-electron chi connectivity index (χ3n) is 4.17. The van der Waals surface area contributed by atoms with Gasteiger partial charge in [0, 0.05) is 6.42 Å². The first kappa shape index (κ1) is 13.8. The van der Waals surface area contributed by atoms with E-state index in [9.17, 15) is 0 Å². The average molecular weight is 276 g/mol. The summed E-state index contributed by atoms with van der Waals surface area (Å²) in [6.07, 6.45) is 5.48. The van der Waals surface area contributed by atoms with Crippen LogP contribution in [0, 0.1) is 0 Å². The van der Waals surface area contributed by atoms with E-state index in [0.717, 1.165) is 12.8 Å². The molecule has 0 radical (unpaired) electrons. The molecule has 21 heavy (non-hydrogen) atoms. The van der Waals surface area contributed by atoms with Gasteiger partial charge in [-0.2, -0.15) is 0 Å². The van der Waals surface area contributed by atoms with Gasteiger partial charge >= 0.3 is 0 Å². The number of hydrogen-bond donors (Lipinski definition) is 0. The van der Waals surface area contributed by atoms with Crippen LogP contribution in [0.5, 0.6) is 0 Å². The SMILES string of the molecule is C=CCOC1(CC=C)c2ccccc2Cc2ccccc21. The molecule has 0 aliphatic heterocycles. The third kappa shape index (κ3) is 2.24. The molecule has 1 nitrogen and oxygen atoms in total. The molecule has 2 aromatic rings. The second-order valence-electron chi connectivity index (χ2n) is 5.41. The van der Waals surface area contributed by atoms with Crippen LogP contribution in [0.1, 0.15) is 28.7 Å². The summed E-state index contributed by atoms with van der Waals surface area (Å²) in [6, 6.07) is 17.1. The topological polar surface area (TPSA) is 9.23 Å². The Morgan fingerprint density at radius 3 is 2.00 bits per heavy atom. The molecule has 0 spiro atoms. The lowest BCUT2D eigenvalue weighted by Gasteiger charge is -2.40. The van der Waals surface area contributed by atoms with Crippen LogP contribution in [-0.4, -0.2) is 6.61 Å². The van der Waals surface area contributed by atoms with Crippen molar-refractivity contribution in [2.24, 2.45) is 0 Å². The Hall–Kier alpha value is -2.12. The number of benzene rings is 2. The van der Waals surface area contributed by atoms with Crippen molar-refractivity contribution < 1.29 is 4.74 Å². The lowest BCUT2D eigenvalue weighted by atomic mass is 9.73. The number of rotatable bonds is 5. The maximum absolute atomic E-state index is 6.32. The molecule has 0 saturated heterocycles. The molecule has 0 atom stereocenters. The van der Waals surface area contributed by atoms with Crippen LogP contribution in [0.25, 0.3) is 0 Å². The molecule has 0 bridgehead atoms. The van der Waals surface area contributed by atoms with E-state index in [0.29, 0.717) is 6.61 Å². The first-order valence-electron chi connectivity index (χ1n) is 7.34. The van der Waals surface area contributed by atoms with Gasteiger partial charge in [0.2, 0.25) is 0 Å². The summed E-state index contributed by atoms with van der Waals surface area (Å²) in [6.45, 7) is 8.27. The van der Waals surface area contributed by atoms with E-state index in [1.165, 1.54) is 22.3 Å². The van der Waals surface area contributed by atoms with Crippen molar-refractivity contribution in [3.8, 4) is 0 Å². The second kappa shape index (κ2) is 5.71. The van der Waals surface area contributed by atoms with E-state index in [1.807, 2.05) is 12.2 Å². The summed E-state index contributed by atoms with van der Waals surface area (Å²) in [5.74, 6) is 0. The summed E-state index contributed by atoms with van der Waals surface area (Å²) < 4.78 is 6.32. The van der Waals surface area contributed by atoms with Crippen molar-refractivity contribution in [3.05, 3.63) is 96.1 Å². The molecule has 1 aliphatic carbocycles. The van der Waals surface area contributed by atoms with Gasteiger partial charge in [-0.25, -0.2) is 0 Å². The standard InChI is InChI=1S/C20H20O/c1-3-13-20(21-14-4-2)18-11-7-5-9-16(18)15-17-10-6-8-12-19(17)20/h3-12H,1-2,13-15H2. The van der Waals surface area contributed by atoms with Gasteiger partial charge in [-0.05, 0) is 28.7 Å². The fourth-order valence-electron chi connectivity index (χ4n) is 3.33. The minimum atomic E-state index is -0.443. The summed E-state index contributed by atoms with van der Waals surface area (Å²) >= 11 is 0. The van der Waals surface area contributed by atoms with Crippen LogP contribution in [0.2, 0.25) is 0 Å². The molecule has 0 fully saturated rings. The lowest BCUT2D eigenvalue weighted by molar-refractivity contribution is -0.00222. The van der Waals surface area contributed by atoms with Crippen molar-refractivity contribution in [1.82, 2.24) is 0 Å². The second-order valence-corrected chi connectivity index (χ2v) is 5.41. The highest BCUT2D eigenvalue weighted by Gasteiger charge is 2.40. The van der Waals surface area contributed by atoms with Crippen molar-refractivity contribution in [3.63, 3.8) is 0 Å². The van der Waals surface area contributed by atoms with E-state index >= 15 is 0 Å². The zero-order valence-electron chi connectivity index (χ0n) is 12.2. The fourth-order valence-corrected chi connectivity index (χ4v) is 3.33. The molecule has 106 valence electrons. The van der Waals surface area contributed by atoms with E-state index in [2.05, 4.69) is 61.7 Å². The number of hydrogen-bond acceptors (Lipinski definition) is 1. The van der Waals surface area contributed by atoms with Crippen LogP contribution >= 0.6 is 0 Å². The maximum Gasteiger partial charge on any atom is 0.122 e. The largest absolute Gasteiger partial charge is 0.361 e. The molecular formula is C20H20O. The predicted molar refractivity (Wildman–Crippen MR) is 87.4 cm³/mol. The Bertz CT molecular complexity index is 624. The van der Waals surface area contributed by atoms with E-state index < -0.39 is 5.60 Å². The van der Waals surface area contributed by atoms with E-state index in [1.54, 1.807) is 0 Å². The van der Waals surface area contributed by atoms with Gasteiger partial charge in [-0.15, -0.1) is 13.2 Å². The maximum atomic E-state index is 6.32. The van der Waals surface area contributed by atoms with Gasteiger partial charge in [0.1, 0.15) is 5.60 Å². The molecule has 0 amide bonds. The van der Waals surface area contributed by atoms with Crippen LogP contribution in [0.4, 0.5) is 0 Å². The zero-order chi connectivity index (χ0) is 14.7. The van der Waals surface area contributed by atoms with Crippen molar-refractivity contribution in [2.75, 3.05) is 6.61 Å². The third-order valence-corrected chi connectivity index (χ3v) is 4.17. The molecule has 0 saturated carbocycles. The Morgan fingerprint density at radius 1 is 0.905 bits per heavy atom. The molecule has 0 unspecified atom stereocenters. The smallest absolute Gasteiger partial charge is 0.122 e. The quantitative estimate of drug-likeness (QED) is 0.724. The number of ether oxygens (including phenoxy) is 1. The van der Waals surface area contributed by atoms with Crippen molar-refractivity contribution in [2.45, 2.75) is 18.4 Å². The van der Waals surface area contributed by atoms with Crippen LogP contribution in [0.3, 0.4) is 0 Å².